The number of hydrogen-bond acceptors (Lipinski definition) is 1. The van der Waals surface area contributed by atoms with E-state index in [9.17, 15) is 4.79 Å². The van der Waals surface area contributed by atoms with E-state index >= 15 is 0 Å². The zero-order valence-electron chi connectivity index (χ0n) is 5.92. The third kappa shape index (κ3) is 10.7. The maximum absolute atomic E-state index is 9.87. The van der Waals surface area contributed by atoms with Crippen LogP contribution in [-0.2, 0) is 4.79 Å². The van der Waals surface area contributed by atoms with Crippen molar-refractivity contribution < 1.29 is 9.90 Å². The quantitative estimate of drug-likeness (QED) is 0.748. The molecule has 0 radical (unpaired) electrons. The van der Waals surface area contributed by atoms with E-state index in [1.165, 1.54) is 0 Å². The van der Waals surface area contributed by atoms with Crippen LogP contribution in [0.2, 0.25) is 0 Å². The first-order chi connectivity index (χ1) is 3.63. The van der Waals surface area contributed by atoms with Gasteiger partial charge in [-0.25, -0.2) is 0 Å². The number of carbonyl (C=O) groups is 1. The Morgan fingerprint density at radius 2 is 2.11 bits per heavy atom. The molecule has 0 rings (SSSR count). The Balaban J connectivity index is 0. The smallest absolute Gasteiger partial charge is 0.273 e. The molecule has 0 unspecified atom stereocenters. The molecule has 0 bridgehead atoms. The van der Waals surface area contributed by atoms with E-state index < -0.39 is 5.97 Å². The first-order valence-corrected chi connectivity index (χ1v) is 2.68. The summed E-state index contributed by atoms with van der Waals surface area (Å²) in [5, 5.41) is 8.13. The maximum atomic E-state index is 9.87. The van der Waals surface area contributed by atoms with Crippen molar-refractivity contribution in [1.29, 1.82) is 0 Å². The summed E-state index contributed by atoms with van der Waals surface area (Å²) in [7, 11) is 0. The molecule has 0 saturated carbocycles. The fourth-order valence-electron chi connectivity index (χ4n) is 0.337. The summed E-state index contributed by atoms with van der Waals surface area (Å²) in [5.74, 6) is -0.371. The molecule has 0 aliphatic rings. The van der Waals surface area contributed by atoms with Crippen molar-refractivity contribution >= 4 is 5.97 Å². The normalized spacial score (nSPS) is 8.78. The third-order valence-electron chi connectivity index (χ3n) is 0.764. The van der Waals surface area contributed by atoms with Crippen molar-refractivity contribution in [2.45, 2.75) is 20.3 Å². The number of hydrogen-bond donors (Lipinski definition) is 1. The van der Waals surface area contributed by atoms with E-state index in [0.29, 0.717) is 5.92 Å². The van der Waals surface area contributed by atoms with Crippen LogP contribution in [0, 0.1) is 12.3 Å². The van der Waals surface area contributed by atoms with E-state index in [1.54, 1.807) is 6.42 Å². The first kappa shape index (κ1) is 10.5. The van der Waals surface area contributed by atoms with E-state index in [1.807, 2.05) is 13.8 Å². The second kappa shape index (κ2) is 4.62. The van der Waals surface area contributed by atoms with Crippen molar-refractivity contribution in [2.24, 2.45) is 5.92 Å². The van der Waals surface area contributed by atoms with E-state index in [4.69, 9.17) is 5.11 Å². The molecule has 0 heterocycles. The van der Waals surface area contributed by atoms with Gasteiger partial charge in [-0.15, -0.1) is 0 Å². The molecule has 0 spiro atoms. The molecule has 0 fully saturated rings. The molecule has 0 amide bonds. The minimum Gasteiger partial charge on any atom is -0.483 e. The van der Waals surface area contributed by atoms with Crippen LogP contribution >= 0.6 is 0 Å². The zero-order chi connectivity index (χ0) is 6.57. The van der Waals surface area contributed by atoms with Gasteiger partial charge in [0.2, 0.25) is 0 Å². The molecule has 1 N–H and O–H groups in total. The minimum absolute atomic E-state index is 0. The predicted molar refractivity (Wildman–Crippen MR) is 31.4 cm³/mol. The van der Waals surface area contributed by atoms with Gasteiger partial charge in [0.25, 0.3) is 5.97 Å². The standard InChI is InChI=1S/C6H11O2.Rf/c1-5(2)3-4-6(7)8;/h3,5H,4H2,1-2H3,(H,7,8);/q-1;. The van der Waals surface area contributed by atoms with Crippen LogP contribution in [0.25, 0.3) is 0 Å². The molecular weight excluding hydrogens is 371 g/mol. The summed E-state index contributed by atoms with van der Waals surface area (Å²) < 4.78 is 0. The average molecular weight is 382 g/mol. The van der Waals surface area contributed by atoms with E-state index in [-0.39, 0.29) is 6.42 Å². The molecule has 50 valence electrons. The summed E-state index contributed by atoms with van der Waals surface area (Å²) in [6.07, 6.45) is 1.94. The summed E-state index contributed by atoms with van der Waals surface area (Å²) in [5.41, 5.74) is 0. The molecule has 9 heavy (non-hydrogen) atoms. The van der Waals surface area contributed by atoms with Gasteiger partial charge >= 0.3 is 0 Å². The van der Waals surface area contributed by atoms with Gasteiger partial charge in [-0.3, -0.25) is 4.79 Å². The number of carboxylic acids is 1. The molecule has 0 aromatic carbocycles. The summed E-state index contributed by atoms with van der Waals surface area (Å²) in [6.45, 7) is 3.92. The van der Waals surface area contributed by atoms with Gasteiger partial charge in [-0.2, -0.15) is 5.92 Å². The Morgan fingerprint density at radius 3 is 2.22 bits per heavy atom. The van der Waals surface area contributed by atoms with Gasteiger partial charge in [0.1, 0.15) is 0 Å². The van der Waals surface area contributed by atoms with Crippen molar-refractivity contribution in [3.63, 3.8) is 0 Å². The second-order valence-electron chi connectivity index (χ2n) is 2.08. The number of rotatable bonds is 3. The van der Waals surface area contributed by atoms with Gasteiger partial charge in [-0.05, 0) is 0 Å². The maximum Gasteiger partial charge on any atom is 0.273 e. The molecule has 2 nitrogen and oxygen atoms in total. The Morgan fingerprint density at radius 1 is 1.67 bits per heavy atom. The van der Waals surface area contributed by atoms with Crippen LogP contribution in [0.4, 0.5) is 0 Å². The zero-order valence-corrected chi connectivity index (χ0v) is 12.3. The largest absolute Gasteiger partial charge is 0.483 e. The van der Waals surface area contributed by atoms with Crippen molar-refractivity contribution in [3.8, 4) is 0 Å². The van der Waals surface area contributed by atoms with Gasteiger partial charge in [0, 0.05) is 0 Å². The van der Waals surface area contributed by atoms with Crippen LogP contribution < -0.4 is 0 Å². The molecule has 0 aliphatic carbocycles. The molecule has 0 aromatic heterocycles. The van der Waals surface area contributed by atoms with Crippen LogP contribution in [0.3, 0.4) is 0 Å². The molecule has 0 saturated heterocycles. The molecule has 0 aliphatic heterocycles. The molecule has 0 aromatic rings. The van der Waals surface area contributed by atoms with Crippen LogP contribution in [0.1, 0.15) is 20.3 Å². The van der Waals surface area contributed by atoms with Crippen LogP contribution in [-0.4, -0.2) is 11.1 Å². The number of carboxylic acid groups (broad SMARTS) is 1. The van der Waals surface area contributed by atoms with Gasteiger partial charge in [0.15, 0.2) is 0 Å². The Labute approximate surface area is 49.5 Å². The second-order valence-corrected chi connectivity index (χ2v) is 2.08. The molecule has 3 heteroatoms. The fourth-order valence-corrected chi connectivity index (χ4v) is 0.337. The monoisotopic (exact) mass is 382 g/mol. The van der Waals surface area contributed by atoms with E-state index in [2.05, 4.69) is 0 Å². The Kier molecular flexibility index (Phi) is 5.37. The molecular formula is C6H11O2Rf-. The predicted octanol–water partition coefficient (Wildman–Crippen LogP) is 1.32. The third-order valence-corrected chi connectivity index (χ3v) is 0.764. The summed E-state index contributed by atoms with van der Waals surface area (Å²) >= 11 is 0. The van der Waals surface area contributed by atoms with Crippen LogP contribution in [0.15, 0.2) is 0 Å². The fraction of sp³-hybridized carbons (Fsp3) is 0.667. The Bertz CT molecular complexity index is 81.1. The Hall–Kier alpha value is -1.53. The number of aliphatic carboxylic acids is 1. The summed E-state index contributed by atoms with van der Waals surface area (Å²) in [6, 6.07) is 0. The first-order valence-electron chi connectivity index (χ1n) is 2.68. The van der Waals surface area contributed by atoms with E-state index in [0.717, 1.165) is 0 Å². The average Bonchev–Trinajstić information content (AvgIpc) is 1.61. The van der Waals surface area contributed by atoms with Crippen molar-refractivity contribution in [2.75, 3.05) is 0 Å². The summed E-state index contributed by atoms with van der Waals surface area (Å²) in [4.78, 5) is 9.87. The van der Waals surface area contributed by atoms with Crippen LogP contribution in [0.5, 0.6) is 0 Å². The minimum atomic E-state index is -0.751. The van der Waals surface area contributed by atoms with Gasteiger partial charge in [0.05, 0.1) is 0 Å². The van der Waals surface area contributed by atoms with Gasteiger partial charge < -0.3 is 11.5 Å². The van der Waals surface area contributed by atoms with Crippen molar-refractivity contribution in [1.82, 2.24) is 0 Å². The molecule has 0 atom stereocenters. The SMILES string of the molecule is CC(C)[CH-]CC(=O)O.[Rf]. The van der Waals surface area contributed by atoms with Gasteiger partial charge in [-0.1, -0.05) is 20.3 Å². The topological polar surface area (TPSA) is 37.3 Å². The van der Waals surface area contributed by atoms with Crippen molar-refractivity contribution in [3.05, 3.63) is 6.42 Å².